The number of Topliss-reactive ketones (excluding diaryl/α,β-unsaturated/α-hetero) is 1. The number of carbonyl (C=O) groups excluding carboxylic acids is 1. The first-order valence-electron chi connectivity index (χ1n) is 3.51. The quantitative estimate of drug-likeness (QED) is 0.623. The molecule has 0 atom stereocenters. The van der Waals surface area contributed by atoms with Gasteiger partial charge in [0.15, 0.2) is 0 Å². The van der Waals surface area contributed by atoms with Crippen LogP contribution in [-0.2, 0) is 4.79 Å². The molecule has 0 radical (unpaired) electrons. The Labute approximate surface area is 85.3 Å². The van der Waals surface area contributed by atoms with E-state index < -0.39 is 0 Å². The lowest BCUT2D eigenvalue weighted by Gasteiger charge is -2.02. The number of anilines is 1. The normalized spacial score (nSPS) is 9.77. The molecule has 4 nitrogen and oxygen atoms in total. The van der Waals surface area contributed by atoms with Gasteiger partial charge >= 0.3 is 0 Å². The summed E-state index contributed by atoms with van der Waals surface area (Å²) < 4.78 is 0. The second-order valence-corrected chi connectivity index (χ2v) is 3.13. The molecule has 0 aliphatic rings. The Bertz CT molecular complexity index is 309. The lowest BCUT2D eigenvalue weighted by molar-refractivity contribution is -0.115. The summed E-state index contributed by atoms with van der Waals surface area (Å²) in [5.74, 6) is 0.450. The molecule has 0 unspecified atom stereocenters. The molecule has 1 N–H and O–H groups in total. The van der Waals surface area contributed by atoms with Crippen LogP contribution in [0.2, 0.25) is 10.4 Å². The molecule has 6 heteroatoms. The number of rotatable bonds is 3. The Kier molecular flexibility index (Phi) is 3.45. The van der Waals surface area contributed by atoms with Gasteiger partial charge in [0.25, 0.3) is 0 Å². The predicted octanol–water partition coefficient (Wildman–Crippen LogP) is 1.78. The number of carbonyl (C=O) groups is 1. The number of nitrogens with zero attached hydrogens (tertiary/aromatic N) is 2. The van der Waals surface area contributed by atoms with Crippen LogP contribution in [0.5, 0.6) is 0 Å². The van der Waals surface area contributed by atoms with E-state index in [4.69, 9.17) is 23.2 Å². The van der Waals surface area contributed by atoms with Crippen LogP contribution in [0, 0.1) is 0 Å². The van der Waals surface area contributed by atoms with Crippen LogP contribution in [0.15, 0.2) is 6.07 Å². The van der Waals surface area contributed by atoms with Gasteiger partial charge in [-0.25, -0.2) is 9.97 Å². The van der Waals surface area contributed by atoms with Crippen LogP contribution in [0.3, 0.4) is 0 Å². The van der Waals surface area contributed by atoms with Gasteiger partial charge in [-0.3, -0.25) is 4.79 Å². The molecule has 0 fully saturated rings. The highest BCUT2D eigenvalue weighted by Gasteiger charge is 2.01. The molecule has 13 heavy (non-hydrogen) atoms. The van der Waals surface area contributed by atoms with Crippen molar-refractivity contribution >= 4 is 34.8 Å². The van der Waals surface area contributed by atoms with Crippen molar-refractivity contribution in [2.45, 2.75) is 6.92 Å². The minimum atomic E-state index is 0.00542. The molecule has 0 aromatic carbocycles. The summed E-state index contributed by atoms with van der Waals surface area (Å²) in [4.78, 5) is 18.1. The van der Waals surface area contributed by atoms with Gasteiger partial charge in [-0.1, -0.05) is 11.6 Å². The molecule has 1 aromatic rings. The zero-order chi connectivity index (χ0) is 9.84. The maximum Gasteiger partial charge on any atom is 0.225 e. The number of hydrogen-bond acceptors (Lipinski definition) is 4. The Morgan fingerprint density at radius 1 is 1.54 bits per heavy atom. The van der Waals surface area contributed by atoms with E-state index in [1.165, 1.54) is 13.0 Å². The van der Waals surface area contributed by atoms with Crippen molar-refractivity contribution in [3.05, 3.63) is 16.5 Å². The number of hydrogen-bond donors (Lipinski definition) is 1. The van der Waals surface area contributed by atoms with Crippen molar-refractivity contribution in [2.24, 2.45) is 0 Å². The van der Waals surface area contributed by atoms with Gasteiger partial charge < -0.3 is 5.32 Å². The van der Waals surface area contributed by atoms with E-state index in [0.717, 1.165) is 0 Å². The fourth-order valence-corrected chi connectivity index (χ4v) is 1.10. The van der Waals surface area contributed by atoms with E-state index in [9.17, 15) is 4.79 Å². The fourth-order valence-electron chi connectivity index (χ4n) is 0.695. The highest BCUT2D eigenvalue weighted by Crippen LogP contribution is 2.13. The standard InChI is InChI=1S/C7H7Cl2N3O/c1-4(13)3-10-6-2-5(8)11-7(9)12-6/h2H,3H2,1H3,(H,10,11,12). The predicted molar refractivity (Wildman–Crippen MR) is 51.2 cm³/mol. The number of ketones is 1. The fraction of sp³-hybridized carbons (Fsp3) is 0.286. The summed E-state index contributed by atoms with van der Waals surface area (Å²) in [5, 5.41) is 3.05. The molecule has 1 aromatic heterocycles. The molecular weight excluding hydrogens is 213 g/mol. The number of nitrogens with one attached hydrogen (secondary N) is 1. The maximum atomic E-state index is 10.6. The SMILES string of the molecule is CC(=O)CNc1cc(Cl)nc(Cl)n1. The largest absolute Gasteiger partial charge is 0.363 e. The average molecular weight is 220 g/mol. The van der Waals surface area contributed by atoms with Gasteiger partial charge in [0.1, 0.15) is 16.8 Å². The summed E-state index contributed by atoms with van der Waals surface area (Å²) in [5.41, 5.74) is 0. The van der Waals surface area contributed by atoms with Crippen molar-refractivity contribution in [1.82, 2.24) is 9.97 Å². The number of aromatic nitrogens is 2. The Morgan fingerprint density at radius 2 is 2.23 bits per heavy atom. The van der Waals surface area contributed by atoms with Gasteiger partial charge in [0, 0.05) is 6.07 Å². The summed E-state index contributed by atoms with van der Waals surface area (Å²) in [6.07, 6.45) is 0. The van der Waals surface area contributed by atoms with Crippen LogP contribution < -0.4 is 5.32 Å². The van der Waals surface area contributed by atoms with E-state index in [2.05, 4.69) is 15.3 Å². The monoisotopic (exact) mass is 219 g/mol. The van der Waals surface area contributed by atoms with Gasteiger partial charge in [-0.05, 0) is 18.5 Å². The van der Waals surface area contributed by atoms with Gasteiger partial charge in [0.05, 0.1) is 6.54 Å². The topological polar surface area (TPSA) is 54.9 Å². The molecule has 70 valence electrons. The first-order chi connectivity index (χ1) is 6.08. The molecular formula is C7H7Cl2N3O. The van der Waals surface area contributed by atoms with E-state index in [1.54, 1.807) is 0 Å². The van der Waals surface area contributed by atoms with Gasteiger partial charge in [-0.15, -0.1) is 0 Å². The van der Waals surface area contributed by atoms with Crippen LogP contribution in [-0.4, -0.2) is 22.3 Å². The molecule has 1 rings (SSSR count). The summed E-state index contributed by atoms with van der Waals surface area (Å²) in [6, 6.07) is 1.50. The van der Waals surface area contributed by atoms with Crippen LogP contribution in [0.4, 0.5) is 5.82 Å². The van der Waals surface area contributed by atoms with Crippen molar-refractivity contribution < 1.29 is 4.79 Å². The van der Waals surface area contributed by atoms with Gasteiger partial charge in [0.2, 0.25) is 5.28 Å². The zero-order valence-electron chi connectivity index (χ0n) is 6.84. The highest BCUT2D eigenvalue weighted by molar-refractivity contribution is 6.32. The lowest BCUT2D eigenvalue weighted by Crippen LogP contribution is -2.11. The van der Waals surface area contributed by atoms with E-state index in [0.29, 0.717) is 5.82 Å². The van der Waals surface area contributed by atoms with E-state index >= 15 is 0 Å². The van der Waals surface area contributed by atoms with Crippen molar-refractivity contribution in [3.63, 3.8) is 0 Å². The van der Waals surface area contributed by atoms with Crippen molar-refractivity contribution in [1.29, 1.82) is 0 Å². The summed E-state index contributed by atoms with van der Waals surface area (Å²) in [6.45, 7) is 1.67. The third kappa shape index (κ3) is 3.57. The lowest BCUT2D eigenvalue weighted by atomic mass is 10.4. The second kappa shape index (κ2) is 4.39. The highest BCUT2D eigenvalue weighted by atomic mass is 35.5. The van der Waals surface area contributed by atoms with Gasteiger partial charge in [-0.2, -0.15) is 0 Å². The Balaban J connectivity index is 2.71. The first kappa shape index (κ1) is 10.2. The second-order valence-electron chi connectivity index (χ2n) is 2.40. The van der Waals surface area contributed by atoms with E-state index in [1.807, 2.05) is 0 Å². The molecule has 0 saturated heterocycles. The maximum absolute atomic E-state index is 10.6. The third-order valence-electron chi connectivity index (χ3n) is 1.19. The summed E-state index contributed by atoms with van der Waals surface area (Å²) in [7, 11) is 0. The number of halogens is 2. The zero-order valence-corrected chi connectivity index (χ0v) is 8.35. The van der Waals surface area contributed by atoms with Crippen molar-refractivity contribution in [2.75, 3.05) is 11.9 Å². The first-order valence-corrected chi connectivity index (χ1v) is 4.27. The average Bonchev–Trinajstić information content (AvgIpc) is 1.99. The third-order valence-corrected chi connectivity index (χ3v) is 1.55. The Morgan fingerprint density at radius 3 is 2.77 bits per heavy atom. The minimum absolute atomic E-state index is 0.00542. The molecule has 0 aliphatic carbocycles. The molecule has 0 aliphatic heterocycles. The molecule has 0 spiro atoms. The van der Waals surface area contributed by atoms with E-state index in [-0.39, 0.29) is 22.8 Å². The minimum Gasteiger partial charge on any atom is -0.363 e. The molecule has 0 saturated carbocycles. The molecule has 1 heterocycles. The van der Waals surface area contributed by atoms with Crippen LogP contribution >= 0.6 is 23.2 Å². The molecule has 0 amide bonds. The van der Waals surface area contributed by atoms with Crippen LogP contribution in [0.1, 0.15) is 6.92 Å². The molecule has 0 bridgehead atoms. The van der Waals surface area contributed by atoms with Crippen molar-refractivity contribution in [3.8, 4) is 0 Å². The summed E-state index contributed by atoms with van der Waals surface area (Å²) >= 11 is 11.1. The smallest absolute Gasteiger partial charge is 0.225 e. The Hall–Kier alpha value is -0.870. The van der Waals surface area contributed by atoms with Crippen LogP contribution in [0.25, 0.3) is 0 Å².